The molecule has 2 aromatic carbocycles. The van der Waals surface area contributed by atoms with Crippen LogP contribution in [0.3, 0.4) is 0 Å². The Morgan fingerprint density at radius 3 is 2.56 bits per heavy atom. The molecule has 1 N–H and O–H groups in total. The van der Waals surface area contributed by atoms with Crippen molar-refractivity contribution >= 4 is 15.9 Å². The zero-order valence-corrected chi connectivity index (χ0v) is 11.2. The SMILES string of the molecule is OCc1cc(F)c(Br)cc1OCc1ccccc1. The summed E-state index contributed by atoms with van der Waals surface area (Å²) in [6, 6.07) is 12.5. The van der Waals surface area contributed by atoms with E-state index in [9.17, 15) is 4.39 Å². The van der Waals surface area contributed by atoms with E-state index in [4.69, 9.17) is 9.84 Å². The summed E-state index contributed by atoms with van der Waals surface area (Å²) in [7, 11) is 0. The molecule has 94 valence electrons. The number of aliphatic hydroxyl groups excluding tert-OH is 1. The highest BCUT2D eigenvalue weighted by Gasteiger charge is 2.09. The van der Waals surface area contributed by atoms with E-state index in [0.717, 1.165) is 5.56 Å². The van der Waals surface area contributed by atoms with E-state index < -0.39 is 5.82 Å². The number of benzene rings is 2. The number of hydrogen-bond acceptors (Lipinski definition) is 2. The van der Waals surface area contributed by atoms with Crippen molar-refractivity contribution in [3.05, 3.63) is 63.9 Å². The normalized spacial score (nSPS) is 10.4. The minimum Gasteiger partial charge on any atom is -0.488 e. The third kappa shape index (κ3) is 3.09. The standard InChI is InChI=1S/C14H12BrFO2/c15-12-7-14(11(8-17)6-13(12)16)18-9-10-4-2-1-3-5-10/h1-7,17H,8-9H2. The molecule has 0 aliphatic carbocycles. The fourth-order valence-corrected chi connectivity index (χ4v) is 1.89. The summed E-state index contributed by atoms with van der Waals surface area (Å²) in [6.07, 6.45) is 0. The van der Waals surface area contributed by atoms with Gasteiger partial charge in [-0.3, -0.25) is 0 Å². The smallest absolute Gasteiger partial charge is 0.138 e. The molecule has 2 nitrogen and oxygen atoms in total. The van der Waals surface area contributed by atoms with Gasteiger partial charge in [-0.25, -0.2) is 4.39 Å². The lowest BCUT2D eigenvalue weighted by molar-refractivity contribution is 0.258. The van der Waals surface area contributed by atoms with Gasteiger partial charge in [-0.15, -0.1) is 0 Å². The van der Waals surface area contributed by atoms with Crippen LogP contribution in [0.4, 0.5) is 4.39 Å². The Kier molecular flexibility index (Phi) is 4.33. The third-order valence-electron chi connectivity index (χ3n) is 2.51. The van der Waals surface area contributed by atoms with Gasteiger partial charge in [0.1, 0.15) is 18.2 Å². The van der Waals surface area contributed by atoms with Crippen LogP contribution in [-0.4, -0.2) is 5.11 Å². The molecule has 0 atom stereocenters. The lowest BCUT2D eigenvalue weighted by atomic mass is 10.2. The second-order valence-electron chi connectivity index (χ2n) is 3.81. The van der Waals surface area contributed by atoms with Crippen molar-refractivity contribution in [1.29, 1.82) is 0 Å². The Labute approximate surface area is 113 Å². The van der Waals surface area contributed by atoms with Crippen molar-refractivity contribution in [1.82, 2.24) is 0 Å². The molecular weight excluding hydrogens is 299 g/mol. The minimum atomic E-state index is -0.411. The molecular formula is C14H12BrFO2. The molecule has 0 amide bonds. The highest BCUT2D eigenvalue weighted by Crippen LogP contribution is 2.27. The maximum absolute atomic E-state index is 13.3. The minimum absolute atomic E-state index is 0.256. The molecule has 2 aromatic rings. The van der Waals surface area contributed by atoms with Crippen LogP contribution in [0.5, 0.6) is 5.75 Å². The van der Waals surface area contributed by atoms with Gasteiger partial charge in [-0.05, 0) is 33.6 Å². The van der Waals surface area contributed by atoms with E-state index in [-0.39, 0.29) is 6.61 Å². The fourth-order valence-electron chi connectivity index (χ4n) is 1.56. The maximum atomic E-state index is 13.3. The van der Waals surface area contributed by atoms with Gasteiger partial charge in [0.05, 0.1) is 11.1 Å². The maximum Gasteiger partial charge on any atom is 0.138 e. The zero-order valence-electron chi connectivity index (χ0n) is 9.57. The summed E-state index contributed by atoms with van der Waals surface area (Å²) in [4.78, 5) is 0. The Balaban J connectivity index is 2.16. The fraction of sp³-hybridized carbons (Fsp3) is 0.143. The molecule has 0 aliphatic heterocycles. The van der Waals surface area contributed by atoms with Crippen LogP contribution in [0.1, 0.15) is 11.1 Å². The Morgan fingerprint density at radius 1 is 1.17 bits per heavy atom. The van der Waals surface area contributed by atoms with Crippen molar-refractivity contribution in [3.63, 3.8) is 0 Å². The van der Waals surface area contributed by atoms with Crippen molar-refractivity contribution in [2.75, 3.05) is 0 Å². The van der Waals surface area contributed by atoms with Gasteiger partial charge in [-0.2, -0.15) is 0 Å². The van der Waals surface area contributed by atoms with Gasteiger partial charge in [0.15, 0.2) is 0 Å². The van der Waals surface area contributed by atoms with E-state index in [1.165, 1.54) is 12.1 Å². The lowest BCUT2D eigenvalue weighted by Crippen LogP contribution is -1.99. The van der Waals surface area contributed by atoms with E-state index >= 15 is 0 Å². The van der Waals surface area contributed by atoms with Crippen molar-refractivity contribution in [2.45, 2.75) is 13.2 Å². The molecule has 0 aliphatic rings. The molecule has 0 aromatic heterocycles. The molecule has 0 unspecified atom stereocenters. The van der Waals surface area contributed by atoms with Gasteiger partial charge in [0.25, 0.3) is 0 Å². The molecule has 0 fully saturated rings. The number of halogens is 2. The molecule has 0 saturated heterocycles. The summed E-state index contributed by atoms with van der Waals surface area (Å²) in [5.74, 6) is 0.0701. The van der Waals surface area contributed by atoms with E-state index in [1.54, 1.807) is 0 Å². The van der Waals surface area contributed by atoms with Gasteiger partial charge < -0.3 is 9.84 Å². The van der Waals surface area contributed by atoms with Gasteiger partial charge in [0, 0.05) is 5.56 Å². The summed E-state index contributed by atoms with van der Waals surface area (Å²) in [5, 5.41) is 9.17. The summed E-state index contributed by atoms with van der Waals surface area (Å²) < 4.78 is 19.2. The Hall–Kier alpha value is -1.39. The van der Waals surface area contributed by atoms with Crippen molar-refractivity contribution < 1.29 is 14.2 Å². The second kappa shape index (κ2) is 5.98. The summed E-state index contributed by atoms with van der Waals surface area (Å²) in [6.45, 7) is 0.125. The van der Waals surface area contributed by atoms with Crippen molar-refractivity contribution in [2.24, 2.45) is 0 Å². The molecule has 0 spiro atoms. The highest BCUT2D eigenvalue weighted by atomic mass is 79.9. The van der Waals surface area contributed by atoms with Crippen LogP contribution in [0.25, 0.3) is 0 Å². The first-order chi connectivity index (χ1) is 8.70. The van der Waals surface area contributed by atoms with Gasteiger partial charge >= 0.3 is 0 Å². The van der Waals surface area contributed by atoms with E-state index in [2.05, 4.69) is 15.9 Å². The van der Waals surface area contributed by atoms with Gasteiger partial charge in [0.2, 0.25) is 0 Å². The van der Waals surface area contributed by atoms with E-state index in [1.807, 2.05) is 30.3 Å². The first-order valence-corrected chi connectivity index (χ1v) is 6.25. The molecule has 0 heterocycles. The first-order valence-electron chi connectivity index (χ1n) is 5.46. The zero-order chi connectivity index (χ0) is 13.0. The lowest BCUT2D eigenvalue weighted by Gasteiger charge is -2.11. The quantitative estimate of drug-likeness (QED) is 0.934. The second-order valence-corrected chi connectivity index (χ2v) is 4.66. The number of rotatable bonds is 4. The highest BCUT2D eigenvalue weighted by molar-refractivity contribution is 9.10. The number of hydrogen-bond donors (Lipinski definition) is 1. The summed E-state index contributed by atoms with van der Waals surface area (Å²) >= 11 is 3.10. The van der Waals surface area contributed by atoms with Gasteiger partial charge in [-0.1, -0.05) is 30.3 Å². The first kappa shape index (κ1) is 13.1. The number of ether oxygens (including phenoxy) is 1. The number of aliphatic hydroxyl groups is 1. The molecule has 0 bridgehead atoms. The molecule has 18 heavy (non-hydrogen) atoms. The van der Waals surface area contributed by atoms with Crippen LogP contribution in [0.2, 0.25) is 0 Å². The van der Waals surface area contributed by atoms with Crippen molar-refractivity contribution in [3.8, 4) is 5.75 Å². The molecule has 0 radical (unpaired) electrons. The largest absolute Gasteiger partial charge is 0.488 e. The predicted molar refractivity (Wildman–Crippen MR) is 70.8 cm³/mol. The third-order valence-corrected chi connectivity index (χ3v) is 3.12. The van der Waals surface area contributed by atoms with E-state index in [0.29, 0.717) is 22.4 Å². The Bertz CT molecular complexity index is 529. The van der Waals surface area contributed by atoms with Crippen LogP contribution in [0.15, 0.2) is 46.9 Å². The Morgan fingerprint density at radius 2 is 1.89 bits per heavy atom. The average Bonchev–Trinajstić information content (AvgIpc) is 2.41. The molecule has 4 heteroatoms. The predicted octanol–water partition coefficient (Wildman–Crippen LogP) is 3.66. The summed E-state index contributed by atoms with van der Waals surface area (Å²) in [5.41, 5.74) is 1.45. The average molecular weight is 311 g/mol. The van der Waals surface area contributed by atoms with Crippen LogP contribution >= 0.6 is 15.9 Å². The monoisotopic (exact) mass is 310 g/mol. The van der Waals surface area contributed by atoms with Crippen LogP contribution < -0.4 is 4.74 Å². The topological polar surface area (TPSA) is 29.5 Å². The molecule has 0 saturated carbocycles. The van der Waals surface area contributed by atoms with Crippen LogP contribution in [-0.2, 0) is 13.2 Å². The van der Waals surface area contributed by atoms with Crippen LogP contribution in [0, 0.1) is 5.82 Å². The molecule has 2 rings (SSSR count).